The zero-order valence-electron chi connectivity index (χ0n) is 15.4. The summed E-state index contributed by atoms with van der Waals surface area (Å²) in [5, 5.41) is 5.35. The van der Waals surface area contributed by atoms with Gasteiger partial charge in [0.25, 0.3) is 5.91 Å². The largest absolute Gasteiger partial charge is 0.497 e. The van der Waals surface area contributed by atoms with Crippen molar-refractivity contribution >= 4 is 23.4 Å². The number of carbonyl (C=O) groups is 2. The van der Waals surface area contributed by atoms with Crippen LogP contribution in [-0.4, -0.2) is 46.5 Å². The molecule has 144 valence electrons. The third-order valence-corrected chi connectivity index (χ3v) is 3.50. The Labute approximate surface area is 157 Å². The molecule has 0 heterocycles. The number of methoxy groups -OCH3 is 3. The first-order valence-electron chi connectivity index (χ1n) is 8.13. The highest BCUT2D eigenvalue weighted by atomic mass is 16.6. The van der Waals surface area contributed by atoms with Crippen molar-refractivity contribution in [2.24, 2.45) is 0 Å². The van der Waals surface area contributed by atoms with Crippen LogP contribution < -0.4 is 20.1 Å². The van der Waals surface area contributed by atoms with Gasteiger partial charge in [-0.3, -0.25) is 10.1 Å². The highest BCUT2D eigenvalue weighted by Crippen LogP contribution is 2.23. The molecular formula is C19H22N2O6. The molecule has 0 saturated carbocycles. The fraction of sp³-hybridized carbons (Fsp3) is 0.263. The van der Waals surface area contributed by atoms with Crippen LogP contribution in [0, 0.1) is 0 Å². The number of amides is 2. The topological polar surface area (TPSA) is 95.1 Å². The second-order valence-corrected chi connectivity index (χ2v) is 5.39. The van der Waals surface area contributed by atoms with Crippen molar-refractivity contribution in [1.29, 1.82) is 0 Å². The molecule has 8 heteroatoms. The highest BCUT2D eigenvalue weighted by molar-refractivity contribution is 6.05. The maximum atomic E-state index is 12.5. The van der Waals surface area contributed by atoms with Crippen LogP contribution in [0.15, 0.2) is 42.5 Å². The van der Waals surface area contributed by atoms with E-state index in [-0.39, 0.29) is 12.5 Å². The van der Waals surface area contributed by atoms with E-state index in [1.165, 1.54) is 21.3 Å². The summed E-state index contributed by atoms with van der Waals surface area (Å²) in [5.41, 5.74) is 1.37. The van der Waals surface area contributed by atoms with Gasteiger partial charge in [0.1, 0.15) is 18.1 Å². The van der Waals surface area contributed by atoms with Gasteiger partial charge in [-0.15, -0.1) is 0 Å². The van der Waals surface area contributed by atoms with E-state index in [4.69, 9.17) is 18.9 Å². The second kappa shape index (κ2) is 10.0. The summed E-state index contributed by atoms with van der Waals surface area (Å²) < 4.78 is 20.1. The summed E-state index contributed by atoms with van der Waals surface area (Å²) in [7, 11) is 4.54. The quantitative estimate of drug-likeness (QED) is 0.689. The number of carbonyl (C=O) groups excluding carboxylic acids is 2. The minimum atomic E-state index is -0.604. The first-order valence-corrected chi connectivity index (χ1v) is 8.13. The Balaban J connectivity index is 2.05. The Morgan fingerprint density at radius 2 is 1.48 bits per heavy atom. The second-order valence-electron chi connectivity index (χ2n) is 5.39. The van der Waals surface area contributed by atoms with Gasteiger partial charge in [-0.25, -0.2) is 4.79 Å². The molecule has 0 spiro atoms. The third-order valence-electron chi connectivity index (χ3n) is 3.50. The fourth-order valence-electron chi connectivity index (χ4n) is 2.19. The van der Waals surface area contributed by atoms with E-state index in [1.54, 1.807) is 42.5 Å². The van der Waals surface area contributed by atoms with Crippen LogP contribution >= 0.6 is 0 Å². The number of rotatable bonds is 8. The Kier molecular flexibility index (Phi) is 7.45. The summed E-state index contributed by atoms with van der Waals surface area (Å²) >= 11 is 0. The normalized spacial score (nSPS) is 10.0. The average molecular weight is 374 g/mol. The van der Waals surface area contributed by atoms with Gasteiger partial charge in [0.15, 0.2) is 0 Å². The molecule has 0 aliphatic rings. The van der Waals surface area contributed by atoms with Crippen molar-refractivity contribution in [2.75, 3.05) is 45.2 Å². The fourth-order valence-corrected chi connectivity index (χ4v) is 2.19. The molecule has 2 aromatic carbocycles. The van der Waals surface area contributed by atoms with Crippen LogP contribution in [0.25, 0.3) is 0 Å². The predicted octanol–water partition coefficient (Wildman–Crippen LogP) is 3.15. The lowest BCUT2D eigenvalue weighted by atomic mass is 10.1. The van der Waals surface area contributed by atoms with Crippen LogP contribution in [0.1, 0.15) is 10.4 Å². The van der Waals surface area contributed by atoms with Gasteiger partial charge in [0.05, 0.1) is 20.8 Å². The van der Waals surface area contributed by atoms with Crippen LogP contribution in [0.3, 0.4) is 0 Å². The molecule has 0 fully saturated rings. The van der Waals surface area contributed by atoms with E-state index in [2.05, 4.69) is 10.6 Å². The SMILES string of the molecule is COCCOC(=O)Nc1cccc(NC(=O)c2cc(OC)cc(OC)c2)c1. The van der Waals surface area contributed by atoms with Crippen LogP contribution in [0.5, 0.6) is 11.5 Å². The molecule has 0 radical (unpaired) electrons. The molecule has 0 bridgehead atoms. The van der Waals surface area contributed by atoms with E-state index in [0.717, 1.165) is 0 Å². The molecule has 0 aliphatic heterocycles. The summed E-state index contributed by atoms with van der Waals surface area (Å²) in [6, 6.07) is 11.6. The lowest BCUT2D eigenvalue weighted by Crippen LogP contribution is -2.17. The smallest absolute Gasteiger partial charge is 0.411 e. The van der Waals surface area contributed by atoms with Gasteiger partial charge in [-0.2, -0.15) is 0 Å². The molecule has 2 rings (SSSR count). The Bertz CT molecular complexity index is 771. The molecule has 8 nitrogen and oxygen atoms in total. The van der Waals surface area contributed by atoms with Crippen LogP contribution in [0.4, 0.5) is 16.2 Å². The molecule has 0 unspecified atom stereocenters. The standard InChI is InChI=1S/C19H22N2O6/c1-24-7-8-27-19(23)21-15-6-4-5-14(11-15)20-18(22)13-9-16(25-2)12-17(10-13)26-3/h4-6,9-12H,7-8H2,1-3H3,(H,20,22)(H,21,23). The molecule has 27 heavy (non-hydrogen) atoms. The predicted molar refractivity (Wildman–Crippen MR) is 101 cm³/mol. The van der Waals surface area contributed by atoms with Crippen molar-refractivity contribution in [3.05, 3.63) is 48.0 Å². The minimum Gasteiger partial charge on any atom is -0.497 e. The number of nitrogens with one attached hydrogen (secondary N) is 2. The molecule has 0 atom stereocenters. The molecule has 0 aliphatic carbocycles. The number of anilines is 2. The van der Waals surface area contributed by atoms with E-state index in [9.17, 15) is 9.59 Å². The van der Waals surface area contributed by atoms with Gasteiger partial charge in [-0.1, -0.05) is 6.07 Å². The van der Waals surface area contributed by atoms with Crippen molar-refractivity contribution < 1.29 is 28.5 Å². The Morgan fingerprint density at radius 1 is 0.852 bits per heavy atom. The van der Waals surface area contributed by atoms with Crippen LogP contribution in [0.2, 0.25) is 0 Å². The Morgan fingerprint density at radius 3 is 2.07 bits per heavy atom. The first kappa shape index (κ1) is 20.1. The van der Waals surface area contributed by atoms with Crippen molar-refractivity contribution in [2.45, 2.75) is 0 Å². The molecule has 2 amide bonds. The summed E-state index contributed by atoms with van der Waals surface area (Å²) in [5.74, 6) is 0.675. The number of hydrogen-bond donors (Lipinski definition) is 2. The molecular weight excluding hydrogens is 352 g/mol. The third kappa shape index (κ3) is 6.19. The highest BCUT2D eigenvalue weighted by Gasteiger charge is 2.11. The average Bonchev–Trinajstić information content (AvgIpc) is 2.68. The van der Waals surface area contributed by atoms with Gasteiger partial charge < -0.3 is 24.3 Å². The maximum Gasteiger partial charge on any atom is 0.411 e. The minimum absolute atomic E-state index is 0.149. The number of ether oxygens (including phenoxy) is 4. The number of hydrogen-bond acceptors (Lipinski definition) is 6. The van der Waals surface area contributed by atoms with Crippen molar-refractivity contribution in [3.8, 4) is 11.5 Å². The summed E-state index contributed by atoms with van der Waals surface area (Å²) in [4.78, 5) is 24.2. The zero-order chi connectivity index (χ0) is 19.6. The number of benzene rings is 2. The molecule has 2 aromatic rings. The van der Waals surface area contributed by atoms with Crippen molar-refractivity contribution in [1.82, 2.24) is 0 Å². The molecule has 2 N–H and O–H groups in total. The zero-order valence-corrected chi connectivity index (χ0v) is 15.4. The van der Waals surface area contributed by atoms with E-state index in [0.29, 0.717) is 35.0 Å². The lowest BCUT2D eigenvalue weighted by Gasteiger charge is -2.11. The Hall–Kier alpha value is -3.26. The first-order chi connectivity index (χ1) is 13.0. The maximum absolute atomic E-state index is 12.5. The van der Waals surface area contributed by atoms with Crippen LogP contribution in [-0.2, 0) is 9.47 Å². The summed E-state index contributed by atoms with van der Waals surface area (Å²) in [6.45, 7) is 0.462. The van der Waals surface area contributed by atoms with E-state index in [1.807, 2.05) is 0 Å². The van der Waals surface area contributed by atoms with Gasteiger partial charge in [0.2, 0.25) is 0 Å². The van der Waals surface area contributed by atoms with Gasteiger partial charge >= 0.3 is 6.09 Å². The summed E-state index contributed by atoms with van der Waals surface area (Å²) in [6.07, 6.45) is -0.604. The van der Waals surface area contributed by atoms with Gasteiger partial charge in [0, 0.05) is 30.1 Å². The monoisotopic (exact) mass is 374 g/mol. The van der Waals surface area contributed by atoms with Crippen molar-refractivity contribution in [3.63, 3.8) is 0 Å². The van der Waals surface area contributed by atoms with E-state index < -0.39 is 6.09 Å². The lowest BCUT2D eigenvalue weighted by molar-refractivity contribution is 0.102. The molecule has 0 saturated heterocycles. The molecule has 0 aromatic heterocycles. The van der Waals surface area contributed by atoms with Gasteiger partial charge in [-0.05, 0) is 30.3 Å². The van der Waals surface area contributed by atoms with E-state index >= 15 is 0 Å².